The summed E-state index contributed by atoms with van der Waals surface area (Å²) in [6, 6.07) is 0.775. The zero-order chi connectivity index (χ0) is 9.31. The van der Waals surface area contributed by atoms with Gasteiger partial charge in [-0.2, -0.15) is 0 Å². The average Bonchev–Trinajstić information content (AvgIpc) is 2.87. The molecule has 0 aromatic heterocycles. The van der Waals surface area contributed by atoms with Gasteiger partial charge in [0.15, 0.2) is 0 Å². The lowest BCUT2D eigenvalue weighted by molar-refractivity contribution is 0.293. The summed E-state index contributed by atoms with van der Waals surface area (Å²) in [4.78, 5) is 0. The van der Waals surface area contributed by atoms with Crippen LogP contribution in [0.25, 0.3) is 0 Å². The van der Waals surface area contributed by atoms with E-state index in [4.69, 9.17) is 0 Å². The van der Waals surface area contributed by atoms with Crippen LogP contribution in [0.1, 0.15) is 52.4 Å². The fourth-order valence-corrected chi connectivity index (χ4v) is 2.58. The first-order valence-corrected chi connectivity index (χ1v) is 5.93. The molecule has 1 N–H and O–H groups in total. The van der Waals surface area contributed by atoms with Crippen molar-refractivity contribution in [1.29, 1.82) is 0 Å². The van der Waals surface area contributed by atoms with E-state index in [1.807, 2.05) is 0 Å². The lowest BCUT2D eigenvalue weighted by Gasteiger charge is -2.26. The van der Waals surface area contributed by atoms with Crippen molar-refractivity contribution in [2.75, 3.05) is 6.54 Å². The van der Waals surface area contributed by atoms with Crippen molar-refractivity contribution in [3.05, 3.63) is 0 Å². The largest absolute Gasteiger partial charge is 0.313 e. The molecule has 2 aliphatic carbocycles. The highest BCUT2D eigenvalue weighted by atomic mass is 14.9. The molecule has 1 nitrogen and oxygen atoms in total. The van der Waals surface area contributed by atoms with Gasteiger partial charge in [-0.3, -0.25) is 0 Å². The second kappa shape index (κ2) is 3.61. The van der Waals surface area contributed by atoms with E-state index in [0.717, 1.165) is 12.0 Å². The topological polar surface area (TPSA) is 12.0 Å². The summed E-state index contributed by atoms with van der Waals surface area (Å²) in [7, 11) is 0. The van der Waals surface area contributed by atoms with Crippen LogP contribution in [0.2, 0.25) is 0 Å². The second-order valence-electron chi connectivity index (χ2n) is 5.52. The van der Waals surface area contributed by atoms with E-state index in [-0.39, 0.29) is 0 Å². The van der Waals surface area contributed by atoms with Crippen LogP contribution in [0.4, 0.5) is 0 Å². The lowest BCUT2D eigenvalue weighted by atomic mass is 9.88. The molecule has 0 bridgehead atoms. The van der Waals surface area contributed by atoms with Crippen molar-refractivity contribution < 1.29 is 0 Å². The Balaban J connectivity index is 1.70. The maximum atomic E-state index is 3.73. The molecule has 0 spiro atoms. The van der Waals surface area contributed by atoms with Gasteiger partial charge in [0.1, 0.15) is 0 Å². The molecule has 0 heterocycles. The van der Waals surface area contributed by atoms with Crippen molar-refractivity contribution >= 4 is 0 Å². The van der Waals surface area contributed by atoms with Crippen molar-refractivity contribution in [3.63, 3.8) is 0 Å². The van der Waals surface area contributed by atoms with Gasteiger partial charge in [-0.15, -0.1) is 0 Å². The highest BCUT2D eigenvalue weighted by Gasteiger charge is 2.32. The van der Waals surface area contributed by atoms with Crippen LogP contribution in [0.3, 0.4) is 0 Å². The van der Waals surface area contributed by atoms with Gasteiger partial charge in [0.05, 0.1) is 0 Å². The highest BCUT2D eigenvalue weighted by Crippen LogP contribution is 2.38. The van der Waals surface area contributed by atoms with Gasteiger partial charge in [-0.05, 0) is 43.9 Å². The molecular formula is C12H23N. The predicted octanol–water partition coefficient (Wildman–Crippen LogP) is 2.95. The van der Waals surface area contributed by atoms with Gasteiger partial charge in [0.25, 0.3) is 0 Å². The average molecular weight is 181 g/mol. The zero-order valence-electron chi connectivity index (χ0n) is 9.10. The van der Waals surface area contributed by atoms with Crippen molar-refractivity contribution in [2.24, 2.45) is 11.3 Å². The highest BCUT2D eigenvalue weighted by molar-refractivity contribution is 4.87. The summed E-state index contributed by atoms with van der Waals surface area (Å²) in [6.45, 7) is 6.06. The molecule has 1 unspecified atom stereocenters. The molecule has 2 saturated carbocycles. The molecule has 2 fully saturated rings. The van der Waals surface area contributed by atoms with E-state index in [1.165, 1.54) is 45.1 Å². The first-order chi connectivity index (χ1) is 6.20. The predicted molar refractivity (Wildman–Crippen MR) is 56.8 cm³/mol. The Labute approximate surface area is 82.3 Å². The Kier molecular flexibility index (Phi) is 2.64. The molecule has 0 aliphatic heterocycles. The van der Waals surface area contributed by atoms with E-state index in [1.54, 1.807) is 0 Å². The molecule has 13 heavy (non-hydrogen) atoms. The summed E-state index contributed by atoms with van der Waals surface area (Å²) in [5.74, 6) is 1.00. The standard InChI is InChI=1S/C12H23N/c1-10(11-5-6-11)13-9-12(2)7-3-4-8-12/h10-11,13H,3-9H2,1-2H3. The molecule has 2 aliphatic rings. The normalized spacial score (nSPS) is 29.1. The number of rotatable bonds is 4. The maximum absolute atomic E-state index is 3.73. The summed E-state index contributed by atoms with van der Waals surface area (Å²) in [6.07, 6.45) is 8.72. The Morgan fingerprint density at radius 3 is 2.46 bits per heavy atom. The fourth-order valence-electron chi connectivity index (χ4n) is 2.58. The van der Waals surface area contributed by atoms with Crippen LogP contribution in [-0.2, 0) is 0 Å². The second-order valence-corrected chi connectivity index (χ2v) is 5.52. The van der Waals surface area contributed by atoms with Crippen molar-refractivity contribution in [1.82, 2.24) is 5.32 Å². The number of hydrogen-bond donors (Lipinski definition) is 1. The molecule has 0 amide bonds. The van der Waals surface area contributed by atoms with E-state index >= 15 is 0 Å². The van der Waals surface area contributed by atoms with E-state index < -0.39 is 0 Å². The zero-order valence-corrected chi connectivity index (χ0v) is 9.10. The van der Waals surface area contributed by atoms with E-state index in [2.05, 4.69) is 19.2 Å². The van der Waals surface area contributed by atoms with Crippen LogP contribution in [-0.4, -0.2) is 12.6 Å². The molecular weight excluding hydrogens is 158 g/mol. The molecule has 76 valence electrons. The Morgan fingerprint density at radius 1 is 1.31 bits per heavy atom. The SMILES string of the molecule is CC(NCC1(C)CCCC1)C1CC1. The maximum Gasteiger partial charge on any atom is 0.00672 e. The Morgan fingerprint density at radius 2 is 1.92 bits per heavy atom. The summed E-state index contributed by atoms with van der Waals surface area (Å²) in [5, 5.41) is 3.73. The monoisotopic (exact) mass is 181 g/mol. The molecule has 0 aromatic carbocycles. The summed E-state index contributed by atoms with van der Waals surface area (Å²) in [5.41, 5.74) is 0.628. The van der Waals surface area contributed by atoms with Gasteiger partial charge in [-0.25, -0.2) is 0 Å². The summed E-state index contributed by atoms with van der Waals surface area (Å²) < 4.78 is 0. The third-order valence-corrected chi connectivity index (χ3v) is 3.99. The lowest BCUT2D eigenvalue weighted by Crippen LogP contribution is -2.36. The van der Waals surface area contributed by atoms with Gasteiger partial charge >= 0.3 is 0 Å². The van der Waals surface area contributed by atoms with Gasteiger partial charge in [0.2, 0.25) is 0 Å². The van der Waals surface area contributed by atoms with Gasteiger partial charge in [-0.1, -0.05) is 19.8 Å². The van der Waals surface area contributed by atoms with Gasteiger partial charge < -0.3 is 5.32 Å². The summed E-state index contributed by atoms with van der Waals surface area (Å²) >= 11 is 0. The first kappa shape index (κ1) is 9.51. The number of hydrogen-bond acceptors (Lipinski definition) is 1. The van der Waals surface area contributed by atoms with Crippen LogP contribution >= 0.6 is 0 Å². The smallest absolute Gasteiger partial charge is 0.00672 e. The van der Waals surface area contributed by atoms with E-state index in [9.17, 15) is 0 Å². The number of nitrogens with one attached hydrogen (secondary N) is 1. The third-order valence-electron chi connectivity index (χ3n) is 3.99. The van der Waals surface area contributed by atoms with Crippen molar-refractivity contribution in [2.45, 2.75) is 58.4 Å². The van der Waals surface area contributed by atoms with Crippen LogP contribution < -0.4 is 5.32 Å². The minimum Gasteiger partial charge on any atom is -0.313 e. The van der Waals surface area contributed by atoms with Crippen LogP contribution in [0, 0.1) is 11.3 Å². The van der Waals surface area contributed by atoms with Crippen LogP contribution in [0.5, 0.6) is 0 Å². The quantitative estimate of drug-likeness (QED) is 0.703. The molecule has 1 atom stereocenters. The third kappa shape index (κ3) is 2.46. The van der Waals surface area contributed by atoms with Crippen LogP contribution in [0.15, 0.2) is 0 Å². The minimum absolute atomic E-state index is 0.628. The molecule has 2 rings (SSSR count). The Hall–Kier alpha value is -0.0400. The van der Waals surface area contributed by atoms with E-state index in [0.29, 0.717) is 5.41 Å². The molecule has 0 radical (unpaired) electrons. The van der Waals surface area contributed by atoms with Gasteiger partial charge in [0, 0.05) is 12.6 Å². The molecule has 1 heteroatoms. The minimum atomic E-state index is 0.628. The molecule has 0 aromatic rings. The van der Waals surface area contributed by atoms with Crippen molar-refractivity contribution in [3.8, 4) is 0 Å². The Bertz CT molecular complexity index is 166. The molecule has 0 saturated heterocycles. The first-order valence-electron chi connectivity index (χ1n) is 5.93. The fraction of sp³-hybridized carbons (Fsp3) is 1.00.